The number of benzene rings is 2. The van der Waals surface area contributed by atoms with Crippen molar-refractivity contribution in [1.29, 1.82) is 0 Å². The van der Waals surface area contributed by atoms with Crippen LogP contribution in [0.25, 0.3) is 0 Å². The van der Waals surface area contributed by atoms with Crippen molar-refractivity contribution in [2.75, 3.05) is 50.6 Å². The molecule has 0 radical (unpaired) electrons. The van der Waals surface area contributed by atoms with E-state index in [4.69, 9.17) is 4.74 Å². The highest BCUT2D eigenvalue weighted by atomic mass is 16.5. The van der Waals surface area contributed by atoms with Crippen molar-refractivity contribution >= 4 is 23.2 Å². The summed E-state index contributed by atoms with van der Waals surface area (Å²) in [7, 11) is 3.52. The van der Waals surface area contributed by atoms with Gasteiger partial charge in [-0.3, -0.25) is 9.79 Å². The quantitative estimate of drug-likeness (QED) is 0.552. The van der Waals surface area contributed by atoms with Gasteiger partial charge in [0.1, 0.15) is 5.75 Å². The zero-order valence-corrected chi connectivity index (χ0v) is 18.9. The highest BCUT2D eigenvalue weighted by Crippen LogP contribution is 2.22. The van der Waals surface area contributed by atoms with E-state index < -0.39 is 0 Å². The molecule has 0 atom stereocenters. The minimum absolute atomic E-state index is 0.0272. The molecule has 1 aliphatic heterocycles. The number of hydrogen-bond acceptors (Lipinski definition) is 4. The molecule has 31 heavy (non-hydrogen) atoms. The summed E-state index contributed by atoms with van der Waals surface area (Å²) in [5.41, 5.74) is 3.14. The molecule has 0 aliphatic carbocycles. The molecular weight excluding hydrogens is 390 g/mol. The normalized spacial score (nSPS) is 14.5. The van der Waals surface area contributed by atoms with Gasteiger partial charge in [-0.15, -0.1) is 0 Å². The predicted molar refractivity (Wildman–Crippen MR) is 127 cm³/mol. The van der Waals surface area contributed by atoms with Crippen molar-refractivity contribution in [3.63, 3.8) is 0 Å². The molecule has 1 amide bonds. The summed E-state index contributed by atoms with van der Waals surface area (Å²) in [6.07, 6.45) is 0. The monoisotopic (exact) mass is 423 g/mol. The molecule has 1 saturated heterocycles. The number of methoxy groups -OCH3 is 1. The molecule has 2 N–H and O–H groups in total. The average Bonchev–Trinajstić information content (AvgIpc) is 2.81. The highest BCUT2D eigenvalue weighted by Gasteiger charge is 2.20. The van der Waals surface area contributed by atoms with E-state index in [-0.39, 0.29) is 11.8 Å². The Kier molecular flexibility index (Phi) is 7.76. The molecule has 0 bridgehead atoms. The van der Waals surface area contributed by atoms with Crippen LogP contribution in [0.5, 0.6) is 5.75 Å². The molecule has 7 nitrogen and oxygen atoms in total. The maximum Gasteiger partial charge on any atom is 0.226 e. The van der Waals surface area contributed by atoms with Gasteiger partial charge in [0, 0.05) is 63.1 Å². The first-order valence-electron chi connectivity index (χ1n) is 10.7. The third kappa shape index (κ3) is 6.13. The summed E-state index contributed by atoms with van der Waals surface area (Å²) in [6.45, 7) is 8.11. The summed E-state index contributed by atoms with van der Waals surface area (Å²) >= 11 is 0. The Labute approximate surface area is 185 Å². The zero-order valence-electron chi connectivity index (χ0n) is 18.9. The van der Waals surface area contributed by atoms with Gasteiger partial charge in [-0.05, 0) is 29.8 Å². The second-order valence-corrected chi connectivity index (χ2v) is 7.92. The number of nitrogens with one attached hydrogen (secondary N) is 2. The van der Waals surface area contributed by atoms with Crippen LogP contribution < -0.4 is 20.3 Å². The van der Waals surface area contributed by atoms with Crippen molar-refractivity contribution in [3.05, 3.63) is 54.1 Å². The first-order chi connectivity index (χ1) is 15.0. The number of nitrogens with zero attached hydrogens (tertiary/aromatic N) is 3. The molecule has 2 aromatic rings. The van der Waals surface area contributed by atoms with Gasteiger partial charge in [-0.25, -0.2) is 0 Å². The number of carbonyl (C=O) groups excluding carboxylic acids is 1. The van der Waals surface area contributed by atoms with Crippen LogP contribution in [0.2, 0.25) is 0 Å². The maximum absolute atomic E-state index is 11.8. The smallest absolute Gasteiger partial charge is 0.226 e. The Morgan fingerprint density at radius 3 is 2.42 bits per heavy atom. The van der Waals surface area contributed by atoms with Gasteiger partial charge < -0.3 is 25.2 Å². The lowest BCUT2D eigenvalue weighted by molar-refractivity contribution is -0.118. The molecule has 0 saturated carbocycles. The standard InChI is InChI=1S/C24H33N5O2/c1-18(2)23(30)27-20-10-8-19(9-11-20)17-26-24(25-3)29-14-12-28(13-15-29)21-6-5-7-22(16-21)31-4/h5-11,16,18H,12-15,17H2,1-4H3,(H,25,26)(H,27,30). The van der Waals surface area contributed by atoms with E-state index in [0.717, 1.165) is 49.1 Å². The fourth-order valence-electron chi connectivity index (χ4n) is 3.49. The fourth-order valence-corrected chi connectivity index (χ4v) is 3.49. The molecule has 0 unspecified atom stereocenters. The van der Waals surface area contributed by atoms with Crippen LogP contribution in [-0.4, -0.2) is 57.1 Å². The van der Waals surface area contributed by atoms with E-state index in [0.29, 0.717) is 6.54 Å². The van der Waals surface area contributed by atoms with Crippen molar-refractivity contribution in [1.82, 2.24) is 10.2 Å². The van der Waals surface area contributed by atoms with Crippen LogP contribution >= 0.6 is 0 Å². The largest absolute Gasteiger partial charge is 0.497 e. The van der Waals surface area contributed by atoms with Gasteiger partial charge >= 0.3 is 0 Å². The summed E-state index contributed by atoms with van der Waals surface area (Å²) < 4.78 is 5.35. The number of rotatable bonds is 6. The Morgan fingerprint density at radius 1 is 1.10 bits per heavy atom. The SMILES string of the molecule is CN=C(NCc1ccc(NC(=O)C(C)C)cc1)N1CCN(c2cccc(OC)c2)CC1. The fraction of sp³-hybridized carbons (Fsp3) is 0.417. The first-order valence-corrected chi connectivity index (χ1v) is 10.7. The topological polar surface area (TPSA) is 69.2 Å². The molecule has 7 heteroatoms. The summed E-state index contributed by atoms with van der Waals surface area (Å²) in [4.78, 5) is 20.9. The molecule has 1 heterocycles. The van der Waals surface area contributed by atoms with Crippen molar-refractivity contribution in [2.45, 2.75) is 20.4 Å². The zero-order chi connectivity index (χ0) is 22.2. The Hall–Kier alpha value is -3.22. The van der Waals surface area contributed by atoms with Gasteiger partial charge in [0.25, 0.3) is 0 Å². The van der Waals surface area contributed by atoms with E-state index >= 15 is 0 Å². The average molecular weight is 424 g/mol. The van der Waals surface area contributed by atoms with Gasteiger partial charge in [0.05, 0.1) is 7.11 Å². The van der Waals surface area contributed by atoms with Crippen LogP contribution in [0.4, 0.5) is 11.4 Å². The Morgan fingerprint density at radius 2 is 1.81 bits per heavy atom. The number of guanidine groups is 1. The van der Waals surface area contributed by atoms with Gasteiger partial charge in [-0.2, -0.15) is 0 Å². The number of piperazine rings is 1. The molecule has 1 aliphatic rings. The second kappa shape index (κ2) is 10.7. The van der Waals surface area contributed by atoms with E-state index in [9.17, 15) is 4.79 Å². The van der Waals surface area contributed by atoms with E-state index in [1.54, 1.807) is 7.11 Å². The highest BCUT2D eigenvalue weighted by molar-refractivity contribution is 5.92. The van der Waals surface area contributed by atoms with Crippen LogP contribution in [0.3, 0.4) is 0 Å². The number of amides is 1. The minimum atomic E-state index is -0.0333. The van der Waals surface area contributed by atoms with E-state index in [1.807, 2.05) is 57.3 Å². The van der Waals surface area contributed by atoms with E-state index in [1.165, 1.54) is 5.69 Å². The third-order valence-electron chi connectivity index (χ3n) is 5.41. The van der Waals surface area contributed by atoms with Crippen molar-refractivity contribution < 1.29 is 9.53 Å². The Balaban J connectivity index is 1.50. The summed E-state index contributed by atoms with van der Waals surface area (Å²) in [6, 6.07) is 16.1. The number of ether oxygens (including phenoxy) is 1. The van der Waals surface area contributed by atoms with Gasteiger partial charge in [0.2, 0.25) is 5.91 Å². The number of aliphatic imine (C=N–C) groups is 1. The molecule has 166 valence electrons. The molecule has 0 aromatic heterocycles. The van der Waals surface area contributed by atoms with Crippen molar-refractivity contribution in [2.24, 2.45) is 10.9 Å². The predicted octanol–water partition coefficient (Wildman–Crippen LogP) is 3.19. The summed E-state index contributed by atoms with van der Waals surface area (Å²) in [5, 5.41) is 6.37. The number of anilines is 2. The molecule has 1 fully saturated rings. The Bertz CT molecular complexity index is 887. The van der Waals surface area contributed by atoms with Crippen LogP contribution in [-0.2, 0) is 11.3 Å². The van der Waals surface area contributed by atoms with Crippen LogP contribution in [0.15, 0.2) is 53.5 Å². The second-order valence-electron chi connectivity index (χ2n) is 7.92. The minimum Gasteiger partial charge on any atom is -0.497 e. The number of hydrogen-bond donors (Lipinski definition) is 2. The van der Waals surface area contributed by atoms with E-state index in [2.05, 4.69) is 37.6 Å². The maximum atomic E-state index is 11.8. The van der Waals surface area contributed by atoms with Crippen LogP contribution in [0, 0.1) is 5.92 Å². The van der Waals surface area contributed by atoms with Gasteiger partial charge in [-0.1, -0.05) is 32.0 Å². The van der Waals surface area contributed by atoms with Gasteiger partial charge in [0.15, 0.2) is 5.96 Å². The van der Waals surface area contributed by atoms with Crippen molar-refractivity contribution in [3.8, 4) is 5.75 Å². The summed E-state index contributed by atoms with van der Waals surface area (Å²) in [5.74, 6) is 1.78. The lowest BCUT2D eigenvalue weighted by Crippen LogP contribution is -2.52. The molecule has 0 spiro atoms. The molecular formula is C24H33N5O2. The van der Waals surface area contributed by atoms with Crippen LogP contribution in [0.1, 0.15) is 19.4 Å². The number of carbonyl (C=O) groups is 1. The lowest BCUT2D eigenvalue weighted by atomic mass is 10.1. The third-order valence-corrected chi connectivity index (χ3v) is 5.41. The molecule has 2 aromatic carbocycles. The molecule has 3 rings (SSSR count). The first kappa shape index (κ1) is 22.5. The lowest BCUT2D eigenvalue weighted by Gasteiger charge is -2.37.